The number of rotatable bonds is 7. The van der Waals surface area contributed by atoms with Gasteiger partial charge in [-0.05, 0) is 42.8 Å². The molecule has 0 radical (unpaired) electrons. The molecule has 0 saturated carbocycles. The summed E-state index contributed by atoms with van der Waals surface area (Å²) in [5.41, 5.74) is 5.36. The third kappa shape index (κ3) is 7.12. The van der Waals surface area contributed by atoms with E-state index in [1.54, 1.807) is 61.1 Å². The van der Waals surface area contributed by atoms with Crippen LogP contribution in [0.5, 0.6) is 5.75 Å². The maximum absolute atomic E-state index is 13.1. The Morgan fingerprint density at radius 3 is 2.49 bits per heavy atom. The molecule has 1 fully saturated rings. The molecule has 1 heterocycles. The number of hydrazine groups is 1. The third-order valence-corrected chi connectivity index (χ3v) is 5.78. The van der Waals surface area contributed by atoms with Gasteiger partial charge in [0.15, 0.2) is 0 Å². The summed E-state index contributed by atoms with van der Waals surface area (Å²) < 4.78 is 29.7. The number of anilines is 1. The quantitative estimate of drug-likeness (QED) is 0.519. The molecule has 0 aliphatic carbocycles. The number of likely N-dealkylation sites (N-methyl/N-ethyl adjacent to an activating group) is 1. The highest BCUT2D eigenvalue weighted by Gasteiger charge is 2.30. The normalized spacial score (nSPS) is 16.0. The van der Waals surface area contributed by atoms with Crippen LogP contribution in [0.4, 0.5) is 19.3 Å². The van der Waals surface area contributed by atoms with E-state index >= 15 is 0 Å². The largest absolute Gasteiger partial charge is 0.497 e. The van der Waals surface area contributed by atoms with Gasteiger partial charge in [0.1, 0.15) is 5.75 Å². The number of benzene rings is 2. The fraction of sp³-hybridized carbons (Fsp3) is 0.375. The van der Waals surface area contributed by atoms with E-state index in [0.717, 1.165) is 18.7 Å². The van der Waals surface area contributed by atoms with Gasteiger partial charge in [0.25, 0.3) is 5.91 Å². The number of urea groups is 1. The van der Waals surface area contributed by atoms with Crippen molar-refractivity contribution in [3.63, 3.8) is 0 Å². The highest BCUT2D eigenvalue weighted by molar-refractivity contribution is 5.95. The summed E-state index contributed by atoms with van der Waals surface area (Å²) in [6, 6.07) is 13.4. The van der Waals surface area contributed by atoms with Crippen molar-refractivity contribution < 1.29 is 27.9 Å². The highest BCUT2D eigenvalue weighted by atomic mass is 19.3. The number of piperazine rings is 1. The number of halogens is 2. The number of ether oxygens (including phenoxy) is 1. The predicted octanol–water partition coefficient (Wildman–Crippen LogP) is 2.50. The summed E-state index contributed by atoms with van der Waals surface area (Å²) in [4.78, 5) is 40.2. The summed E-state index contributed by atoms with van der Waals surface area (Å²) in [6.07, 6.45) is -2.66. The van der Waals surface area contributed by atoms with Crippen LogP contribution in [0.3, 0.4) is 0 Å². The molecule has 0 aromatic heterocycles. The van der Waals surface area contributed by atoms with Crippen LogP contribution in [0.25, 0.3) is 0 Å². The van der Waals surface area contributed by atoms with Crippen LogP contribution in [0.1, 0.15) is 22.8 Å². The number of carbonyl (C=O) groups is 3. The molecule has 1 atom stereocenters. The van der Waals surface area contributed by atoms with Crippen LogP contribution in [0.15, 0.2) is 48.5 Å². The Hall–Kier alpha value is -3.73. The zero-order chi connectivity index (χ0) is 25.4. The van der Waals surface area contributed by atoms with E-state index in [0.29, 0.717) is 30.9 Å². The Morgan fingerprint density at radius 1 is 1.09 bits per heavy atom. The molecule has 4 amide bonds. The molecule has 9 nitrogen and oxygen atoms in total. The molecule has 35 heavy (non-hydrogen) atoms. The Kier molecular flexibility index (Phi) is 8.96. The van der Waals surface area contributed by atoms with Gasteiger partial charge < -0.3 is 15.0 Å². The second-order valence-electron chi connectivity index (χ2n) is 8.05. The molecule has 188 valence electrons. The lowest BCUT2D eigenvalue weighted by Crippen LogP contribution is -2.56. The van der Waals surface area contributed by atoms with E-state index < -0.39 is 18.2 Å². The van der Waals surface area contributed by atoms with Crippen molar-refractivity contribution >= 4 is 23.5 Å². The minimum atomic E-state index is -3.22. The van der Waals surface area contributed by atoms with Crippen LogP contribution >= 0.6 is 0 Å². The number of nitrogens with one attached hydrogen (secondary N) is 3. The molecule has 0 bridgehead atoms. The van der Waals surface area contributed by atoms with Gasteiger partial charge in [0.2, 0.25) is 0 Å². The number of alkyl halides is 2. The first-order valence-electron chi connectivity index (χ1n) is 11.2. The third-order valence-electron chi connectivity index (χ3n) is 5.78. The average Bonchev–Trinajstić information content (AvgIpc) is 2.87. The average molecular weight is 490 g/mol. The zero-order valence-corrected chi connectivity index (χ0v) is 19.6. The van der Waals surface area contributed by atoms with Crippen LogP contribution < -0.4 is 20.9 Å². The molecule has 11 heteroatoms. The van der Waals surface area contributed by atoms with Crippen LogP contribution in [0, 0.1) is 0 Å². The van der Waals surface area contributed by atoms with Crippen molar-refractivity contribution in [2.24, 2.45) is 0 Å². The lowest BCUT2D eigenvalue weighted by Gasteiger charge is -2.41. The first kappa shape index (κ1) is 25.9. The molecular weight excluding hydrogens is 460 g/mol. The number of hydrogen-bond acceptors (Lipinski definition) is 5. The topological polar surface area (TPSA) is 103 Å². The Bertz CT molecular complexity index is 1030. The molecular formula is C24H29F2N5O4. The molecule has 1 aliphatic heterocycles. The molecule has 2 aromatic carbocycles. The summed E-state index contributed by atoms with van der Waals surface area (Å²) in [6.45, 7) is 4.97. The Balaban J connectivity index is 1.66. The van der Waals surface area contributed by atoms with E-state index in [1.165, 1.54) is 0 Å². The van der Waals surface area contributed by atoms with Crippen molar-refractivity contribution in [3.8, 4) is 5.75 Å². The lowest BCUT2D eigenvalue weighted by atomic mass is 10.0. The molecule has 1 aliphatic rings. The van der Waals surface area contributed by atoms with E-state index in [4.69, 9.17) is 4.74 Å². The van der Waals surface area contributed by atoms with Gasteiger partial charge in [-0.3, -0.25) is 25.3 Å². The van der Waals surface area contributed by atoms with Gasteiger partial charge in [0, 0.05) is 37.0 Å². The van der Waals surface area contributed by atoms with E-state index in [2.05, 4.69) is 17.1 Å². The van der Waals surface area contributed by atoms with E-state index in [1.807, 2.05) is 10.3 Å². The highest BCUT2D eigenvalue weighted by Crippen LogP contribution is 2.20. The Labute approximate surface area is 202 Å². The smallest absolute Gasteiger partial charge is 0.322 e. The van der Waals surface area contributed by atoms with E-state index in [-0.39, 0.29) is 17.6 Å². The van der Waals surface area contributed by atoms with Crippen molar-refractivity contribution in [3.05, 3.63) is 59.7 Å². The number of nitrogens with zero attached hydrogens (tertiary/aromatic N) is 2. The van der Waals surface area contributed by atoms with E-state index in [9.17, 15) is 23.2 Å². The zero-order valence-electron chi connectivity index (χ0n) is 19.6. The first-order chi connectivity index (χ1) is 16.8. The fourth-order valence-corrected chi connectivity index (χ4v) is 3.85. The molecule has 3 rings (SSSR count). The summed E-state index contributed by atoms with van der Waals surface area (Å²) in [5.74, 6) is -1.65. The second-order valence-corrected chi connectivity index (χ2v) is 8.05. The number of methoxy groups -OCH3 is 1. The predicted molar refractivity (Wildman–Crippen MR) is 126 cm³/mol. The molecule has 1 saturated heterocycles. The lowest BCUT2D eigenvalue weighted by molar-refractivity contribution is -0.132. The van der Waals surface area contributed by atoms with Gasteiger partial charge >= 0.3 is 18.4 Å². The van der Waals surface area contributed by atoms with Gasteiger partial charge in [-0.25, -0.2) is 4.79 Å². The second kappa shape index (κ2) is 12.1. The SMILES string of the molecule is CCN1CCN(C(=O)Nc2cccc(OC)c2)C(Cc2ccc(C(=O)NNC(=O)C(F)F)cc2)C1. The maximum Gasteiger partial charge on any atom is 0.322 e. The first-order valence-corrected chi connectivity index (χ1v) is 11.2. The molecule has 1 unspecified atom stereocenters. The molecule has 2 aromatic rings. The monoisotopic (exact) mass is 489 g/mol. The van der Waals surface area contributed by atoms with Crippen molar-refractivity contribution in [1.82, 2.24) is 20.7 Å². The van der Waals surface area contributed by atoms with Gasteiger partial charge in [-0.15, -0.1) is 0 Å². The fourth-order valence-electron chi connectivity index (χ4n) is 3.85. The van der Waals surface area contributed by atoms with Crippen LogP contribution in [-0.4, -0.2) is 73.4 Å². The molecule has 3 N–H and O–H groups in total. The molecule has 0 spiro atoms. The number of amides is 4. The summed E-state index contributed by atoms with van der Waals surface area (Å²) in [5, 5.41) is 2.94. The number of carbonyl (C=O) groups excluding carboxylic acids is 3. The standard InChI is InChI=1S/C24H29F2N5O4/c1-3-30-11-12-31(24(34)27-18-5-4-6-20(14-18)35-2)19(15-30)13-16-7-9-17(10-8-16)22(32)28-29-23(33)21(25)26/h4-10,14,19,21H,3,11-13,15H2,1-2H3,(H,27,34)(H,28,32)(H,29,33). The summed E-state index contributed by atoms with van der Waals surface area (Å²) >= 11 is 0. The van der Waals surface area contributed by atoms with Crippen molar-refractivity contribution in [2.45, 2.75) is 25.8 Å². The Morgan fingerprint density at radius 2 is 1.83 bits per heavy atom. The van der Waals surface area contributed by atoms with Crippen molar-refractivity contribution in [1.29, 1.82) is 0 Å². The van der Waals surface area contributed by atoms with Gasteiger partial charge in [0.05, 0.1) is 13.2 Å². The van der Waals surface area contributed by atoms with Crippen LogP contribution in [0.2, 0.25) is 0 Å². The summed E-state index contributed by atoms with van der Waals surface area (Å²) in [7, 11) is 1.56. The van der Waals surface area contributed by atoms with Crippen LogP contribution in [-0.2, 0) is 11.2 Å². The minimum absolute atomic E-state index is 0.0979. The minimum Gasteiger partial charge on any atom is -0.497 e. The van der Waals surface area contributed by atoms with Gasteiger partial charge in [-0.2, -0.15) is 8.78 Å². The van der Waals surface area contributed by atoms with Gasteiger partial charge in [-0.1, -0.05) is 25.1 Å². The van der Waals surface area contributed by atoms with Crippen molar-refractivity contribution in [2.75, 3.05) is 38.6 Å². The maximum atomic E-state index is 13.1. The number of hydrogen-bond donors (Lipinski definition) is 3.